The molecule has 0 saturated heterocycles. The maximum Gasteiger partial charge on any atom is 0.251 e. The third-order valence-electron chi connectivity index (χ3n) is 3.85. The Hall–Kier alpha value is -1.88. The third-order valence-corrected chi connectivity index (χ3v) is 3.85. The molecule has 0 radical (unpaired) electrons. The topological polar surface area (TPSA) is 61.4 Å². The van der Waals surface area contributed by atoms with Crippen molar-refractivity contribution in [3.8, 4) is 0 Å². The van der Waals surface area contributed by atoms with Crippen LogP contribution in [0.5, 0.6) is 0 Å². The van der Waals surface area contributed by atoms with E-state index in [1.807, 2.05) is 6.07 Å². The van der Waals surface area contributed by atoms with Gasteiger partial charge in [-0.25, -0.2) is 0 Å². The molecule has 21 heavy (non-hydrogen) atoms. The number of rotatable bonds is 6. The summed E-state index contributed by atoms with van der Waals surface area (Å²) < 4.78 is 0. The number of anilines is 1. The van der Waals surface area contributed by atoms with Gasteiger partial charge in [0.25, 0.3) is 5.91 Å². The fourth-order valence-electron chi connectivity index (χ4n) is 2.25. The van der Waals surface area contributed by atoms with Crippen molar-refractivity contribution < 1.29 is 9.59 Å². The fourth-order valence-corrected chi connectivity index (χ4v) is 2.25. The van der Waals surface area contributed by atoms with Crippen molar-refractivity contribution in [1.82, 2.24) is 10.2 Å². The van der Waals surface area contributed by atoms with Crippen LogP contribution in [0.15, 0.2) is 18.2 Å². The van der Waals surface area contributed by atoms with Gasteiger partial charge in [0.15, 0.2) is 0 Å². The largest absolute Gasteiger partial charge is 0.352 e. The van der Waals surface area contributed by atoms with Gasteiger partial charge >= 0.3 is 0 Å². The maximum atomic E-state index is 12.1. The summed E-state index contributed by atoms with van der Waals surface area (Å²) in [5.41, 5.74) is 2.30. The molecule has 0 atom stereocenters. The monoisotopic (exact) mass is 289 g/mol. The van der Waals surface area contributed by atoms with Gasteiger partial charge in [0.1, 0.15) is 0 Å². The Labute approximate surface area is 125 Å². The van der Waals surface area contributed by atoms with Gasteiger partial charge in [-0.05, 0) is 51.6 Å². The molecule has 2 N–H and O–H groups in total. The van der Waals surface area contributed by atoms with Gasteiger partial charge in [0, 0.05) is 23.8 Å². The summed E-state index contributed by atoms with van der Waals surface area (Å²) in [6, 6.07) is 5.88. The molecule has 0 fully saturated rings. The highest BCUT2D eigenvalue weighted by molar-refractivity contribution is 6.02. The van der Waals surface area contributed by atoms with Crippen molar-refractivity contribution in [3.63, 3.8) is 0 Å². The van der Waals surface area contributed by atoms with Gasteiger partial charge in [0.05, 0.1) is 6.42 Å². The minimum Gasteiger partial charge on any atom is -0.352 e. The Kier molecular flexibility index (Phi) is 4.96. The molecule has 1 aromatic carbocycles. The molecule has 1 aromatic rings. The van der Waals surface area contributed by atoms with E-state index in [0.717, 1.165) is 24.2 Å². The zero-order valence-electron chi connectivity index (χ0n) is 12.9. The second-order valence-electron chi connectivity index (χ2n) is 5.78. The predicted molar refractivity (Wildman–Crippen MR) is 83.5 cm³/mol. The van der Waals surface area contributed by atoms with E-state index in [9.17, 15) is 9.59 Å². The van der Waals surface area contributed by atoms with Crippen molar-refractivity contribution in [2.45, 2.75) is 32.7 Å². The molecule has 2 rings (SSSR count). The summed E-state index contributed by atoms with van der Waals surface area (Å²) in [6.45, 7) is 5.91. The lowest BCUT2D eigenvalue weighted by molar-refractivity contribution is -0.115. The number of fused-ring (bicyclic) bond motifs is 1. The van der Waals surface area contributed by atoms with E-state index in [2.05, 4.69) is 36.4 Å². The maximum absolute atomic E-state index is 12.1. The number of hydrogen-bond donors (Lipinski definition) is 2. The Balaban J connectivity index is 1.82. The van der Waals surface area contributed by atoms with Crippen LogP contribution in [0.4, 0.5) is 5.69 Å². The first-order valence-electron chi connectivity index (χ1n) is 7.38. The van der Waals surface area contributed by atoms with Crippen molar-refractivity contribution in [3.05, 3.63) is 29.3 Å². The summed E-state index contributed by atoms with van der Waals surface area (Å²) in [5, 5.41) is 5.68. The van der Waals surface area contributed by atoms with E-state index < -0.39 is 0 Å². The number of carbonyl (C=O) groups excluding carboxylic acids is 2. The van der Waals surface area contributed by atoms with E-state index in [0.29, 0.717) is 24.6 Å². The van der Waals surface area contributed by atoms with Gasteiger partial charge in [0.2, 0.25) is 5.91 Å². The van der Waals surface area contributed by atoms with E-state index >= 15 is 0 Å². The number of hydrogen-bond acceptors (Lipinski definition) is 3. The van der Waals surface area contributed by atoms with Gasteiger partial charge in [-0.3, -0.25) is 9.59 Å². The first kappa shape index (κ1) is 15.5. The first-order valence-corrected chi connectivity index (χ1v) is 7.38. The third kappa shape index (κ3) is 4.04. The smallest absolute Gasteiger partial charge is 0.251 e. The SMILES string of the molecule is CC(C)N(C)CCCNC(=O)c1ccc2c(c1)NC(=O)C2. The average molecular weight is 289 g/mol. The first-order chi connectivity index (χ1) is 9.97. The van der Waals surface area contributed by atoms with Gasteiger partial charge in [-0.1, -0.05) is 6.07 Å². The van der Waals surface area contributed by atoms with E-state index in [4.69, 9.17) is 0 Å². The second kappa shape index (κ2) is 6.72. The fraction of sp³-hybridized carbons (Fsp3) is 0.500. The van der Waals surface area contributed by atoms with Crippen LogP contribution >= 0.6 is 0 Å². The molecule has 1 aliphatic heterocycles. The zero-order valence-corrected chi connectivity index (χ0v) is 12.9. The van der Waals surface area contributed by atoms with Crippen molar-refractivity contribution in [1.29, 1.82) is 0 Å². The second-order valence-corrected chi connectivity index (χ2v) is 5.78. The minimum absolute atomic E-state index is 0.0146. The minimum atomic E-state index is -0.0915. The van der Waals surface area contributed by atoms with Crippen molar-refractivity contribution in [2.24, 2.45) is 0 Å². The molecule has 5 nitrogen and oxygen atoms in total. The quantitative estimate of drug-likeness (QED) is 0.783. The predicted octanol–water partition coefficient (Wildman–Crippen LogP) is 1.64. The number of nitrogens with one attached hydrogen (secondary N) is 2. The molecule has 0 aliphatic carbocycles. The van der Waals surface area contributed by atoms with Crippen LogP contribution in [-0.2, 0) is 11.2 Å². The number of nitrogens with zero attached hydrogens (tertiary/aromatic N) is 1. The van der Waals surface area contributed by atoms with Gasteiger partial charge < -0.3 is 15.5 Å². The molecule has 1 aliphatic rings. The van der Waals surface area contributed by atoms with E-state index in [-0.39, 0.29) is 11.8 Å². The van der Waals surface area contributed by atoms with Crippen LogP contribution < -0.4 is 10.6 Å². The Bertz CT molecular complexity index is 540. The highest BCUT2D eigenvalue weighted by atomic mass is 16.2. The molecule has 5 heteroatoms. The summed E-state index contributed by atoms with van der Waals surface area (Å²) in [7, 11) is 2.08. The molecule has 0 aromatic heterocycles. The zero-order chi connectivity index (χ0) is 15.4. The van der Waals surface area contributed by atoms with Gasteiger partial charge in [-0.15, -0.1) is 0 Å². The normalized spacial score (nSPS) is 13.5. The van der Waals surface area contributed by atoms with Crippen LogP contribution in [0.2, 0.25) is 0 Å². The number of carbonyl (C=O) groups is 2. The molecular formula is C16H23N3O2. The molecule has 1 heterocycles. The molecule has 0 spiro atoms. The Morgan fingerprint density at radius 3 is 2.90 bits per heavy atom. The number of amides is 2. The average Bonchev–Trinajstić information content (AvgIpc) is 2.81. The Morgan fingerprint density at radius 1 is 1.43 bits per heavy atom. The van der Waals surface area contributed by atoms with E-state index in [1.165, 1.54) is 0 Å². The van der Waals surface area contributed by atoms with Crippen LogP contribution in [0.25, 0.3) is 0 Å². The lowest BCUT2D eigenvalue weighted by Crippen LogP contribution is -2.31. The molecule has 2 amide bonds. The van der Waals surface area contributed by atoms with Gasteiger partial charge in [-0.2, -0.15) is 0 Å². The molecule has 114 valence electrons. The van der Waals surface area contributed by atoms with Crippen LogP contribution in [0.3, 0.4) is 0 Å². The van der Waals surface area contributed by atoms with E-state index in [1.54, 1.807) is 12.1 Å². The highest BCUT2D eigenvalue weighted by Crippen LogP contribution is 2.23. The molecular weight excluding hydrogens is 266 g/mol. The lowest BCUT2D eigenvalue weighted by Gasteiger charge is -2.20. The summed E-state index contributed by atoms with van der Waals surface area (Å²) >= 11 is 0. The highest BCUT2D eigenvalue weighted by Gasteiger charge is 2.18. The van der Waals surface area contributed by atoms with Crippen molar-refractivity contribution >= 4 is 17.5 Å². The lowest BCUT2D eigenvalue weighted by atomic mass is 10.1. The number of benzene rings is 1. The van der Waals surface area contributed by atoms with Crippen LogP contribution in [-0.4, -0.2) is 42.9 Å². The summed E-state index contributed by atoms with van der Waals surface area (Å²) in [5.74, 6) is -0.106. The standard InChI is InChI=1S/C16H23N3O2/c1-11(2)19(3)8-4-7-17-16(21)13-6-5-12-10-15(20)18-14(12)9-13/h5-6,9,11H,4,7-8,10H2,1-3H3,(H,17,21)(H,18,20). The summed E-state index contributed by atoms with van der Waals surface area (Å²) in [4.78, 5) is 25.6. The van der Waals surface area contributed by atoms with Crippen LogP contribution in [0, 0.1) is 0 Å². The molecule has 0 unspecified atom stereocenters. The Morgan fingerprint density at radius 2 is 2.19 bits per heavy atom. The molecule has 0 saturated carbocycles. The van der Waals surface area contributed by atoms with Crippen molar-refractivity contribution in [2.75, 3.05) is 25.5 Å². The molecule has 0 bridgehead atoms. The van der Waals surface area contributed by atoms with Crippen LogP contribution in [0.1, 0.15) is 36.2 Å². The summed E-state index contributed by atoms with van der Waals surface area (Å²) in [6.07, 6.45) is 1.32.